The van der Waals surface area contributed by atoms with Crippen molar-refractivity contribution in [3.63, 3.8) is 0 Å². The number of likely N-dealkylation sites (tertiary alicyclic amines) is 1. The van der Waals surface area contributed by atoms with Crippen molar-refractivity contribution in [3.8, 4) is 11.1 Å². The second kappa shape index (κ2) is 10.3. The number of pyridine rings is 1. The zero-order valence-corrected chi connectivity index (χ0v) is 19.8. The second-order valence-electron chi connectivity index (χ2n) is 9.20. The SMILES string of the molecule is CC(C)CC(=O)N1CC(O)CC1(C(=O)N[C@@H](CO)c1ccc(-c2cccnc2)cc1)n1ccnn1. The van der Waals surface area contributed by atoms with Crippen molar-refractivity contribution in [1.82, 2.24) is 30.2 Å². The molecule has 0 aliphatic carbocycles. The molecule has 0 bridgehead atoms. The lowest BCUT2D eigenvalue weighted by atomic mass is 9.99. The maximum atomic E-state index is 13.8. The van der Waals surface area contributed by atoms with Crippen molar-refractivity contribution in [2.24, 2.45) is 5.92 Å². The molecule has 35 heavy (non-hydrogen) atoms. The summed E-state index contributed by atoms with van der Waals surface area (Å²) in [5.74, 6) is -0.740. The van der Waals surface area contributed by atoms with Gasteiger partial charge in [-0.1, -0.05) is 49.4 Å². The first-order valence-corrected chi connectivity index (χ1v) is 11.6. The molecule has 3 aromatic rings. The first kappa shape index (κ1) is 24.5. The van der Waals surface area contributed by atoms with E-state index in [0.29, 0.717) is 5.56 Å². The molecule has 3 N–H and O–H groups in total. The molecule has 184 valence electrons. The Morgan fingerprint density at radius 3 is 2.54 bits per heavy atom. The number of carbonyl (C=O) groups excluding carboxylic acids is 2. The van der Waals surface area contributed by atoms with Crippen LogP contribution in [0.25, 0.3) is 11.1 Å². The van der Waals surface area contributed by atoms with E-state index in [1.54, 1.807) is 12.4 Å². The van der Waals surface area contributed by atoms with Crippen LogP contribution in [0.4, 0.5) is 0 Å². The molecular formula is C25H30N6O4. The smallest absolute Gasteiger partial charge is 0.269 e. The van der Waals surface area contributed by atoms with Crippen molar-refractivity contribution < 1.29 is 19.8 Å². The van der Waals surface area contributed by atoms with Crippen LogP contribution in [-0.2, 0) is 15.3 Å². The summed E-state index contributed by atoms with van der Waals surface area (Å²) < 4.78 is 1.32. The van der Waals surface area contributed by atoms with Gasteiger partial charge in [0.25, 0.3) is 5.91 Å². The minimum absolute atomic E-state index is 0.00241. The third-order valence-corrected chi connectivity index (χ3v) is 6.21. The van der Waals surface area contributed by atoms with E-state index >= 15 is 0 Å². The van der Waals surface area contributed by atoms with Gasteiger partial charge in [0.2, 0.25) is 11.6 Å². The van der Waals surface area contributed by atoms with Gasteiger partial charge < -0.3 is 20.4 Å². The highest BCUT2D eigenvalue weighted by molar-refractivity contribution is 5.90. The molecule has 0 spiro atoms. The van der Waals surface area contributed by atoms with Gasteiger partial charge in [0.1, 0.15) is 0 Å². The molecule has 3 heterocycles. The molecule has 4 rings (SSSR count). The Hall–Kier alpha value is -3.63. The van der Waals surface area contributed by atoms with E-state index in [2.05, 4.69) is 20.6 Å². The third-order valence-electron chi connectivity index (χ3n) is 6.21. The van der Waals surface area contributed by atoms with E-state index in [1.165, 1.54) is 22.0 Å². The lowest BCUT2D eigenvalue weighted by molar-refractivity contribution is -0.153. The van der Waals surface area contributed by atoms with Crippen molar-refractivity contribution in [2.45, 2.75) is 44.5 Å². The number of carbonyl (C=O) groups is 2. The monoisotopic (exact) mass is 478 g/mol. The van der Waals surface area contributed by atoms with Crippen molar-refractivity contribution in [2.75, 3.05) is 13.2 Å². The van der Waals surface area contributed by atoms with Gasteiger partial charge in [-0.2, -0.15) is 0 Å². The average molecular weight is 479 g/mol. The van der Waals surface area contributed by atoms with E-state index in [-0.39, 0.29) is 37.8 Å². The fourth-order valence-electron chi connectivity index (χ4n) is 4.52. The van der Waals surface area contributed by atoms with Crippen molar-refractivity contribution >= 4 is 11.8 Å². The molecule has 2 unspecified atom stereocenters. The molecule has 3 atom stereocenters. The molecule has 10 heteroatoms. The van der Waals surface area contributed by atoms with Gasteiger partial charge in [-0.05, 0) is 28.7 Å². The first-order chi connectivity index (χ1) is 16.8. The van der Waals surface area contributed by atoms with Crippen molar-refractivity contribution in [3.05, 3.63) is 66.7 Å². The summed E-state index contributed by atoms with van der Waals surface area (Å²) >= 11 is 0. The number of nitrogens with zero attached hydrogens (tertiary/aromatic N) is 5. The quantitative estimate of drug-likeness (QED) is 0.447. The zero-order valence-electron chi connectivity index (χ0n) is 19.8. The molecule has 0 saturated carbocycles. The van der Waals surface area contributed by atoms with Gasteiger partial charge in [-0.3, -0.25) is 14.6 Å². The fraction of sp³-hybridized carbons (Fsp3) is 0.400. The highest BCUT2D eigenvalue weighted by atomic mass is 16.3. The predicted octanol–water partition coefficient (Wildman–Crippen LogP) is 1.48. The van der Waals surface area contributed by atoms with E-state index < -0.39 is 23.7 Å². The summed E-state index contributed by atoms with van der Waals surface area (Å²) in [6, 6.07) is 10.5. The topological polar surface area (TPSA) is 133 Å². The number of hydrogen-bond acceptors (Lipinski definition) is 7. The normalized spacial score (nSPS) is 20.7. The molecule has 1 fully saturated rings. The molecule has 1 aliphatic rings. The third kappa shape index (κ3) is 4.94. The van der Waals surface area contributed by atoms with Gasteiger partial charge in [-0.15, -0.1) is 5.10 Å². The van der Waals surface area contributed by atoms with Crippen LogP contribution in [0.1, 0.15) is 38.3 Å². The zero-order chi connectivity index (χ0) is 25.0. The number of β-amino-alcohol motifs (C(OH)–C–C–N with tert-alkyl or cyclic N) is 1. The molecule has 2 amide bonds. The maximum Gasteiger partial charge on any atom is 0.269 e. The van der Waals surface area contributed by atoms with Crippen LogP contribution >= 0.6 is 0 Å². The van der Waals surface area contributed by atoms with E-state index in [1.807, 2.05) is 50.2 Å². The second-order valence-corrected chi connectivity index (χ2v) is 9.20. The van der Waals surface area contributed by atoms with E-state index in [9.17, 15) is 19.8 Å². The van der Waals surface area contributed by atoms with Crippen LogP contribution in [0.15, 0.2) is 61.2 Å². The Morgan fingerprint density at radius 1 is 1.17 bits per heavy atom. The molecule has 0 radical (unpaired) electrons. The standard InChI is InChI=1S/C25H30N6O4/c1-17(2)12-23(34)30-15-21(33)13-25(30,31-11-10-27-29-31)24(35)28-22(16-32)19-7-5-18(6-8-19)20-4-3-9-26-14-20/h3-11,14,17,21-22,32-33H,12-13,15-16H2,1-2H3,(H,28,35)/t21?,22-,25?/m0/s1. The Labute approximate surface area is 203 Å². The number of rotatable bonds is 8. The average Bonchev–Trinajstić information content (AvgIpc) is 3.51. The lowest BCUT2D eigenvalue weighted by Gasteiger charge is -2.37. The largest absolute Gasteiger partial charge is 0.394 e. The summed E-state index contributed by atoms with van der Waals surface area (Å²) in [6.45, 7) is 3.48. The predicted molar refractivity (Wildman–Crippen MR) is 127 cm³/mol. The highest BCUT2D eigenvalue weighted by Crippen LogP contribution is 2.36. The van der Waals surface area contributed by atoms with Crippen LogP contribution in [0.3, 0.4) is 0 Å². The minimum atomic E-state index is -1.59. The first-order valence-electron chi connectivity index (χ1n) is 11.6. The fourth-order valence-corrected chi connectivity index (χ4v) is 4.52. The van der Waals surface area contributed by atoms with Crippen LogP contribution in [0.5, 0.6) is 0 Å². The number of aliphatic hydroxyl groups excluding tert-OH is 2. The van der Waals surface area contributed by atoms with Crippen LogP contribution < -0.4 is 5.32 Å². The number of aromatic nitrogens is 4. The van der Waals surface area contributed by atoms with Crippen LogP contribution in [0, 0.1) is 5.92 Å². The van der Waals surface area contributed by atoms with Gasteiger partial charge in [0.15, 0.2) is 0 Å². The Morgan fingerprint density at radius 2 is 1.94 bits per heavy atom. The Balaban J connectivity index is 1.63. The van der Waals surface area contributed by atoms with Gasteiger partial charge in [-0.25, -0.2) is 4.68 Å². The number of nitrogens with one attached hydrogen (secondary N) is 1. The maximum absolute atomic E-state index is 13.8. The summed E-state index contributed by atoms with van der Waals surface area (Å²) in [6.07, 6.45) is 5.66. The van der Waals surface area contributed by atoms with Gasteiger partial charge in [0.05, 0.1) is 24.9 Å². The molecule has 1 aromatic carbocycles. The number of aliphatic hydroxyl groups is 2. The van der Waals surface area contributed by atoms with Gasteiger partial charge in [0, 0.05) is 38.0 Å². The summed E-state index contributed by atoms with van der Waals surface area (Å²) in [7, 11) is 0. The molecule has 1 aliphatic heterocycles. The molecule has 2 aromatic heterocycles. The van der Waals surface area contributed by atoms with E-state index in [4.69, 9.17) is 0 Å². The molecule has 10 nitrogen and oxygen atoms in total. The number of benzene rings is 1. The number of hydrogen-bond donors (Lipinski definition) is 3. The van der Waals surface area contributed by atoms with E-state index in [0.717, 1.165) is 11.1 Å². The minimum Gasteiger partial charge on any atom is -0.394 e. The number of amides is 2. The summed E-state index contributed by atoms with van der Waals surface area (Å²) in [5.41, 5.74) is 1.01. The van der Waals surface area contributed by atoms with Gasteiger partial charge >= 0.3 is 0 Å². The highest BCUT2D eigenvalue weighted by Gasteiger charge is 2.55. The Bertz CT molecular complexity index is 1140. The molecular weight excluding hydrogens is 448 g/mol. The summed E-state index contributed by atoms with van der Waals surface area (Å²) in [5, 5.41) is 31.4. The summed E-state index contributed by atoms with van der Waals surface area (Å²) in [4.78, 5) is 32.5. The van der Waals surface area contributed by atoms with Crippen LogP contribution in [0.2, 0.25) is 0 Å². The Kier molecular flexibility index (Phi) is 7.23. The van der Waals surface area contributed by atoms with Crippen molar-refractivity contribution in [1.29, 1.82) is 0 Å². The lowest BCUT2D eigenvalue weighted by Crippen LogP contribution is -2.59. The van der Waals surface area contributed by atoms with Crippen LogP contribution in [-0.4, -0.2) is 66.2 Å². The molecule has 1 saturated heterocycles.